The van der Waals surface area contributed by atoms with Gasteiger partial charge in [-0.15, -0.1) is 0 Å². The minimum atomic E-state index is -3.11. The Morgan fingerprint density at radius 3 is 2.31 bits per heavy atom. The van der Waals surface area contributed by atoms with Gasteiger partial charge in [0.15, 0.2) is 0 Å². The van der Waals surface area contributed by atoms with Crippen LogP contribution in [0.5, 0.6) is 0 Å². The number of carboxylic acid groups (broad SMARTS) is 1. The fraction of sp³-hybridized carbons (Fsp3) is 0.714. The molecule has 0 aromatic carbocycles. The van der Waals surface area contributed by atoms with Crippen LogP contribution in [0, 0.1) is 0 Å². The van der Waals surface area contributed by atoms with Gasteiger partial charge in [0.05, 0.1) is 0 Å². The Labute approximate surface area is 73.1 Å². The second-order valence-corrected chi connectivity index (χ2v) is 2.89. The third-order valence-corrected chi connectivity index (χ3v) is 1.76. The monoisotopic (exact) mass is 193 g/mol. The van der Waals surface area contributed by atoms with Crippen LogP contribution in [0.2, 0.25) is 0 Å². The minimum absolute atomic E-state index is 0.294. The normalized spacial score (nSPS) is 15.9. The lowest BCUT2D eigenvalue weighted by atomic mass is 10.4. The summed E-state index contributed by atoms with van der Waals surface area (Å²) in [6, 6.07) is -0.294. The van der Waals surface area contributed by atoms with E-state index in [0.29, 0.717) is 12.8 Å². The zero-order valence-electron chi connectivity index (χ0n) is 6.74. The Morgan fingerprint density at radius 1 is 1.46 bits per heavy atom. The van der Waals surface area contributed by atoms with Gasteiger partial charge in [-0.25, -0.2) is 0 Å². The fourth-order valence-electron chi connectivity index (χ4n) is 1.04. The van der Waals surface area contributed by atoms with Gasteiger partial charge in [0.2, 0.25) is 0 Å². The molecule has 1 amide bonds. The van der Waals surface area contributed by atoms with Crippen molar-refractivity contribution in [2.45, 2.75) is 25.3 Å². The maximum atomic E-state index is 11.9. The van der Waals surface area contributed by atoms with Crippen molar-refractivity contribution in [1.29, 1.82) is 0 Å². The zero-order valence-corrected chi connectivity index (χ0v) is 6.74. The molecule has 0 bridgehead atoms. The molecule has 1 N–H and O–H groups in total. The topological polar surface area (TPSA) is 57.6 Å². The molecule has 0 unspecified atom stereocenters. The Hall–Kier alpha value is -1.20. The molecule has 4 nitrogen and oxygen atoms in total. The van der Waals surface area contributed by atoms with Gasteiger partial charge in [-0.2, -0.15) is 8.78 Å². The van der Waals surface area contributed by atoms with Crippen molar-refractivity contribution in [2.24, 2.45) is 0 Å². The van der Waals surface area contributed by atoms with Crippen LogP contribution in [0.25, 0.3) is 0 Å². The van der Waals surface area contributed by atoms with Gasteiger partial charge in [-0.1, -0.05) is 0 Å². The fourth-order valence-corrected chi connectivity index (χ4v) is 1.04. The van der Waals surface area contributed by atoms with Gasteiger partial charge in [-0.3, -0.25) is 9.59 Å². The first-order valence-corrected chi connectivity index (χ1v) is 3.83. The van der Waals surface area contributed by atoms with E-state index in [1.54, 1.807) is 0 Å². The lowest BCUT2D eigenvalue weighted by Crippen LogP contribution is -2.40. The summed E-state index contributed by atoms with van der Waals surface area (Å²) in [5.41, 5.74) is 0. The van der Waals surface area contributed by atoms with Crippen LogP contribution in [0.3, 0.4) is 0 Å². The van der Waals surface area contributed by atoms with Crippen LogP contribution < -0.4 is 0 Å². The largest absolute Gasteiger partial charge is 0.480 e. The lowest BCUT2D eigenvalue weighted by molar-refractivity contribution is -0.150. The number of nitrogens with zero attached hydrogens (tertiary/aromatic N) is 1. The number of carbonyl (C=O) groups excluding carboxylic acids is 1. The van der Waals surface area contributed by atoms with E-state index in [1.165, 1.54) is 0 Å². The highest BCUT2D eigenvalue weighted by Crippen LogP contribution is 2.27. The standard InChI is InChI=1S/C7H9F2NO3/c8-6(9)7(13)10(3-5(11)12)4-1-2-4/h4,6H,1-3H2,(H,11,12). The van der Waals surface area contributed by atoms with Crippen molar-refractivity contribution in [3.63, 3.8) is 0 Å². The van der Waals surface area contributed by atoms with Crippen molar-refractivity contribution in [3.05, 3.63) is 0 Å². The number of carboxylic acids is 1. The zero-order chi connectivity index (χ0) is 10.0. The van der Waals surface area contributed by atoms with E-state index in [4.69, 9.17) is 5.11 Å². The van der Waals surface area contributed by atoms with E-state index in [0.717, 1.165) is 4.90 Å². The van der Waals surface area contributed by atoms with Crippen LogP contribution >= 0.6 is 0 Å². The van der Waals surface area contributed by atoms with Gasteiger partial charge in [0.1, 0.15) is 6.54 Å². The molecule has 1 rings (SSSR count). The van der Waals surface area contributed by atoms with Crippen LogP contribution in [0.15, 0.2) is 0 Å². The molecular weight excluding hydrogens is 184 g/mol. The number of carbonyl (C=O) groups is 2. The van der Waals surface area contributed by atoms with Crippen molar-refractivity contribution < 1.29 is 23.5 Å². The van der Waals surface area contributed by atoms with Crippen molar-refractivity contribution in [1.82, 2.24) is 4.90 Å². The molecule has 0 spiro atoms. The van der Waals surface area contributed by atoms with Gasteiger partial charge in [0, 0.05) is 6.04 Å². The predicted octanol–water partition coefficient (Wildman–Crippen LogP) is 0.327. The van der Waals surface area contributed by atoms with E-state index in [2.05, 4.69) is 0 Å². The number of hydrogen-bond acceptors (Lipinski definition) is 2. The molecule has 0 heterocycles. The molecule has 1 fully saturated rings. The number of halogens is 2. The summed E-state index contributed by atoms with van der Waals surface area (Å²) in [7, 11) is 0. The Kier molecular flexibility index (Phi) is 2.79. The second-order valence-electron chi connectivity index (χ2n) is 2.89. The van der Waals surface area contributed by atoms with E-state index in [-0.39, 0.29) is 6.04 Å². The molecule has 13 heavy (non-hydrogen) atoms. The maximum Gasteiger partial charge on any atom is 0.323 e. The molecule has 6 heteroatoms. The average molecular weight is 193 g/mol. The van der Waals surface area contributed by atoms with Crippen molar-refractivity contribution in [2.75, 3.05) is 6.54 Å². The van der Waals surface area contributed by atoms with Crippen LogP contribution in [0.4, 0.5) is 8.78 Å². The highest BCUT2D eigenvalue weighted by atomic mass is 19.3. The number of aliphatic carboxylic acids is 1. The van der Waals surface area contributed by atoms with Gasteiger partial charge in [-0.05, 0) is 12.8 Å². The van der Waals surface area contributed by atoms with Crippen LogP contribution in [-0.4, -0.2) is 40.9 Å². The summed E-state index contributed by atoms with van der Waals surface area (Å²) in [5.74, 6) is -2.65. The van der Waals surface area contributed by atoms with Crippen LogP contribution in [-0.2, 0) is 9.59 Å². The summed E-state index contributed by atoms with van der Waals surface area (Å²) >= 11 is 0. The first-order chi connectivity index (χ1) is 6.02. The van der Waals surface area contributed by atoms with E-state index in [9.17, 15) is 18.4 Å². The Morgan fingerprint density at radius 2 is 2.00 bits per heavy atom. The highest BCUT2D eigenvalue weighted by molar-refractivity contribution is 5.84. The number of rotatable bonds is 4. The third-order valence-electron chi connectivity index (χ3n) is 1.76. The smallest absolute Gasteiger partial charge is 0.323 e. The van der Waals surface area contributed by atoms with E-state index >= 15 is 0 Å². The summed E-state index contributed by atoms with van der Waals surface area (Å²) in [5, 5.41) is 8.35. The lowest BCUT2D eigenvalue weighted by Gasteiger charge is -2.19. The Bertz CT molecular complexity index is 228. The number of amides is 1. The highest BCUT2D eigenvalue weighted by Gasteiger charge is 2.37. The van der Waals surface area contributed by atoms with Crippen molar-refractivity contribution >= 4 is 11.9 Å². The quantitative estimate of drug-likeness (QED) is 0.699. The molecule has 0 aromatic heterocycles. The molecular formula is C7H9F2NO3. The van der Waals surface area contributed by atoms with Crippen LogP contribution in [0.1, 0.15) is 12.8 Å². The molecule has 0 atom stereocenters. The molecule has 0 aromatic rings. The molecule has 74 valence electrons. The maximum absolute atomic E-state index is 11.9. The molecule has 0 saturated heterocycles. The van der Waals surface area contributed by atoms with E-state index in [1.807, 2.05) is 0 Å². The first kappa shape index (κ1) is 9.88. The Balaban J connectivity index is 2.56. The summed E-state index contributed by atoms with van der Waals surface area (Å²) < 4.78 is 23.9. The minimum Gasteiger partial charge on any atom is -0.480 e. The van der Waals surface area contributed by atoms with E-state index < -0.39 is 24.8 Å². The summed E-state index contributed by atoms with van der Waals surface area (Å²) in [4.78, 5) is 21.7. The van der Waals surface area contributed by atoms with Gasteiger partial charge < -0.3 is 10.0 Å². The SMILES string of the molecule is O=C(O)CN(C(=O)C(F)F)C1CC1. The molecule has 1 aliphatic carbocycles. The molecule has 1 aliphatic rings. The predicted molar refractivity (Wildman–Crippen MR) is 38.4 cm³/mol. The average Bonchev–Trinajstić information content (AvgIpc) is 2.80. The third kappa shape index (κ3) is 2.64. The molecule has 0 radical (unpaired) electrons. The van der Waals surface area contributed by atoms with Crippen molar-refractivity contribution in [3.8, 4) is 0 Å². The van der Waals surface area contributed by atoms with Gasteiger partial charge in [0.25, 0.3) is 5.91 Å². The summed E-state index contributed by atoms with van der Waals surface area (Å²) in [6.07, 6.45) is -1.88. The number of hydrogen-bond donors (Lipinski definition) is 1. The second kappa shape index (κ2) is 3.68. The summed E-state index contributed by atoms with van der Waals surface area (Å²) in [6.45, 7) is -0.631. The molecule has 0 aliphatic heterocycles. The molecule has 1 saturated carbocycles. The number of alkyl halides is 2. The first-order valence-electron chi connectivity index (χ1n) is 3.83. The van der Waals surface area contributed by atoms with Gasteiger partial charge >= 0.3 is 12.4 Å².